The molecule has 2 nitrogen and oxygen atoms in total. The molecule has 0 aliphatic carbocycles. The molecule has 1 aromatic carbocycles. The third-order valence-corrected chi connectivity index (χ3v) is 1.97. The van der Waals surface area contributed by atoms with Crippen molar-refractivity contribution in [3.8, 4) is 11.5 Å². The van der Waals surface area contributed by atoms with Gasteiger partial charge in [0.15, 0.2) is 0 Å². The molecule has 0 aromatic heterocycles. The van der Waals surface area contributed by atoms with E-state index in [1.165, 1.54) is 0 Å². The van der Waals surface area contributed by atoms with E-state index in [1.807, 2.05) is 24.3 Å². The standard InChI is InChI=1S/C11H16O2/c1-4-9(2)13-11-7-5-10(12-3)6-8-11/h5-9H,4H2,1-3H3/t9-/m0/s1. The van der Waals surface area contributed by atoms with Gasteiger partial charge in [-0.25, -0.2) is 0 Å². The summed E-state index contributed by atoms with van der Waals surface area (Å²) in [6, 6.07) is 7.64. The number of hydrogen-bond donors (Lipinski definition) is 0. The van der Waals surface area contributed by atoms with Crippen molar-refractivity contribution in [2.24, 2.45) is 0 Å². The van der Waals surface area contributed by atoms with Crippen LogP contribution in [-0.2, 0) is 0 Å². The first-order chi connectivity index (χ1) is 6.26. The lowest BCUT2D eigenvalue weighted by molar-refractivity contribution is 0.217. The van der Waals surface area contributed by atoms with E-state index in [0.29, 0.717) is 0 Å². The molecule has 0 unspecified atom stereocenters. The molecular weight excluding hydrogens is 164 g/mol. The van der Waals surface area contributed by atoms with E-state index >= 15 is 0 Å². The maximum absolute atomic E-state index is 5.61. The van der Waals surface area contributed by atoms with Crippen LogP contribution in [0.3, 0.4) is 0 Å². The van der Waals surface area contributed by atoms with Crippen molar-refractivity contribution in [1.82, 2.24) is 0 Å². The largest absolute Gasteiger partial charge is 0.497 e. The number of benzene rings is 1. The second kappa shape index (κ2) is 4.75. The first kappa shape index (κ1) is 9.90. The molecule has 0 radical (unpaired) electrons. The van der Waals surface area contributed by atoms with Gasteiger partial charge in [0.25, 0.3) is 0 Å². The Bertz CT molecular complexity index is 241. The average molecular weight is 180 g/mol. The van der Waals surface area contributed by atoms with Gasteiger partial charge in [0, 0.05) is 0 Å². The van der Waals surface area contributed by atoms with Crippen molar-refractivity contribution >= 4 is 0 Å². The van der Waals surface area contributed by atoms with Crippen molar-refractivity contribution in [1.29, 1.82) is 0 Å². The zero-order valence-electron chi connectivity index (χ0n) is 8.41. The smallest absolute Gasteiger partial charge is 0.119 e. The minimum atomic E-state index is 0.272. The summed E-state index contributed by atoms with van der Waals surface area (Å²) in [6.07, 6.45) is 1.29. The van der Waals surface area contributed by atoms with Crippen LogP contribution in [0.1, 0.15) is 20.3 Å². The van der Waals surface area contributed by atoms with E-state index in [-0.39, 0.29) is 6.10 Å². The molecule has 0 bridgehead atoms. The Morgan fingerprint density at radius 3 is 2.15 bits per heavy atom. The van der Waals surface area contributed by atoms with Gasteiger partial charge in [-0.3, -0.25) is 0 Å². The molecular formula is C11H16O2. The maximum Gasteiger partial charge on any atom is 0.119 e. The predicted molar refractivity (Wildman–Crippen MR) is 53.4 cm³/mol. The van der Waals surface area contributed by atoms with Crippen LogP contribution in [0.2, 0.25) is 0 Å². The first-order valence-electron chi connectivity index (χ1n) is 4.57. The third kappa shape index (κ3) is 2.98. The predicted octanol–water partition coefficient (Wildman–Crippen LogP) is 2.87. The number of ether oxygens (including phenoxy) is 2. The fourth-order valence-electron chi connectivity index (χ4n) is 0.970. The Labute approximate surface area is 79.5 Å². The van der Waals surface area contributed by atoms with Gasteiger partial charge in [-0.15, -0.1) is 0 Å². The molecule has 0 spiro atoms. The van der Waals surface area contributed by atoms with Gasteiger partial charge in [-0.1, -0.05) is 6.92 Å². The zero-order chi connectivity index (χ0) is 9.68. The van der Waals surface area contributed by atoms with E-state index in [4.69, 9.17) is 9.47 Å². The summed E-state index contributed by atoms with van der Waals surface area (Å²) in [5, 5.41) is 0. The molecule has 13 heavy (non-hydrogen) atoms. The molecule has 0 heterocycles. The molecule has 0 saturated carbocycles. The van der Waals surface area contributed by atoms with Crippen molar-refractivity contribution in [3.63, 3.8) is 0 Å². The van der Waals surface area contributed by atoms with E-state index in [1.54, 1.807) is 7.11 Å². The van der Waals surface area contributed by atoms with Gasteiger partial charge in [0.05, 0.1) is 13.2 Å². The fraction of sp³-hybridized carbons (Fsp3) is 0.455. The normalized spacial score (nSPS) is 12.2. The quantitative estimate of drug-likeness (QED) is 0.709. The fourth-order valence-corrected chi connectivity index (χ4v) is 0.970. The second-order valence-electron chi connectivity index (χ2n) is 3.01. The van der Waals surface area contributed by atoms with Crippen molar-refractivity contribution in [3.05, 3.63) is 24.3 Å². The molecule has 0 aliphatic heterocycles. The lowest BCUT2D eigenvalue weighted by Gasteiger charge is -2.12. The Morgan fingerprint density at radius 2 is 1.69 bits per heavy atom. The summed E-state index contributed by atoms with van der Waals surface area (Å²) in [5.41, 5.74) is 0. The Balaban J connectivity index is 2.58. The Morgan fingerprint density at radius 1 is 1.15 bits per heavy atom. The van der Waals surface area contributed by atoms with Gasteiger partial charge in [-0.05, 0) is 37.6 Å². The summed E-state index contributed by atoms with van der Waals surface area (Å²) in [6.45, 7) is 4.17. The minimum absolute atomic E-state index is 0.272. The van der Waals surface area contributed by atoms with Crippen LogP contribution in [-0.4, -0.2) is 13.2 Å². The van der Waals surface area contributed by atoms with Gasteiger partial charge < -0.3 is 9.47 Å². The summed E-state index contributed by atoms with van der Waals surface area (Å²) in [7, 11) is 1.66. The van der Waals surface area contributed by atoms with Gasteiger partial charge in [-0.2, -0.15) is 0 Å². The SMILES string of the molecule is CC[C@H](C)Oc1ccc(OC)cc1. The highest BCUT2D eigenvalue weighted by molar-refractivity contribution is 5.31. The monoisotopic (exact) mass is 180 g/mol. The Hall–Kier alpha value is -1.18. The maximum atomic E-state index is 5.61. The van der Waals surface area contributed by atoms with E-state index < -0.39 is 0 Å². The molecule has 2 heteroatoms. The lowest BCUT2D eigenvalue weighted by atomic mass is 10.3. The average Bonchev–Trinajstić information content (AvgIpc) is 2.19. The molecule has 0 saturated heterocycles. The van der Waals surface area contributed by atoms with Gasteiger partial charge >= 0.3 is 0 Å². The summed E-state index contributed by atoms with van der Waals surface area (Å²) in [5.74, 6) is 1.76. The van der Waals surface area contributed by atoms with Crippen molar-refractivity contribution in [2.75, 3.05) is 7.11 Å². The highest BCUT2D eigenvalue weighted by atomic mass is 16.5. The lowest BCUT2D eigenvalue weighted by Crippen LogP contribution is -2.09. The van der Waals surface area contributed by atoms with Crippen molar-refractivity contribution < 1.29 is 9.47 Å². The number of rotatable bonds is 4. The highest BCUT2D eigenvalue weighted by Crippen LogP contribution is 2.18. The topological polar surface area (TPSA) is 18.5 Å². The molecule has 72 valence electrons. The van der Waals surface area contributed by atoms with Crippen LogP contribution in [0, 0.1) is 0 Å². The highest BCUT2D eigenvalue weighted by Gasteiger charge is 2.00. The van der Waals surface area contributed by atoms with Crippen molar-refractivity contribution in [2.45, 2.75) is 26.4 Å². The number of methoxy groups -OCH3 is 1. The van der Waals surface area contributed by atoms with Gasteiger partial charge in [0.2, 0.25) is 0 Å². The molecule has 0 aliphatic rings. The summed E-state index contributed by atoms with van der Waals surface area (Å²) in [4.78, 5) is 0. The van der Waals surface area contributed by atoms with Gasteiger partial charge in [0.1, 0.15) is 11.5 Å². The van der Waals surface area contributed by atoms with Crippen LogP contribution < -0.4 is 9.47 Å². The molecule has 1 rings (SSSR count). The van der Waals surface area contributed by atoms with Crippen LogP contribution in [0.4, 0.5) is 0 Å². The van der Waals surface area contributed by atoms with E-state index in [2.05, 4.69) is 13.8 Å². The molecule has 0 amide bonds. The molecule has 0 fully saturated rings. The van der Waals surface area contributed by atoms with E-state index in [9.17, 15) is 0 Å². The number of hydrogen-bond acceptors (Lipinski definition) is 2. The molecule has 1 atom stereocenters. The summed E-state index contributed by atoms with van der Waals surface area (Å²) >= 11 is 0. The molecule has 1 aromatic rings. The second-order valence-corrected chi connectivity index (χ2v) is 3.01. The molecule has 0 N–H and O–H groups in total. The third-order valence-electron chi connectivity index (χ3n) is 1.97. The Kier molecular flexibility index (Phi) is 3.62. The van der Waals surface area contributed by atoms with Crippen LogP contribution in [0.15, 0.2) is 24.3 Å². The minimum Gasteiger partial charge on any atom is -0.497 e. The van der Waals surface area contributed by atoms with Crippen LogP contribution in [0.5, 0.6) is 11.5 Å². The van der Waals surface area contributed by atoms with Crippen LogP contribution in [0.25, 0.3) is 0 Å². The summed E-state index contributed by atoms with van der Waals surface area (Å²) < 4.78 is 10.7. The first-order valence-corrected chi connectivity index (χ1v) is 4.57. The van der Waals surface area contributed by atoms with E-state index in [0.717, 1.165) is 17.9 Å². The van der Waals surface area contributed by atoms with Crippen LogP contribution >= 0.6 is 0 Å². The zero-order valence-corrected chi connectivity index (χ0v) is 8.41.